The van der Waals surface area contributed by atoms with Crippen LogP contribution in [0.4, 0.5) is 0 Å². The molecule has 88 heavy (non-hydrogen) atoms. The number of aromatic nitrogens is 16. The van der Waals surface area contributed by atoms with Crippen LogP contribution >= 0.6 is 33.8 Å². The quantitative estimate of drug-likeness (QED) is 0.0223. The molecule has 10 aromatic rings. The molecule has 28 heteroatoms. The maximum absolute atomic E-state index is 14.8. The summed E-state index contributed by atoms with van der Waals surface area (Å²) < 4.78 is 56.9. The number of rotatable bonds is 31. The fourth-order valence-electron chi connectivity index (χ4n) is 8.43. The zero-order chi connectivity index (χ0) is 62.2. The van der Waals surface area contributed by atoms with Gasteiger partial charge in [-0.25, -0.2) is 39.9 Å². The lowest BCUT2D eigenvalue weighted by Crippen LogP contribution is -2.13. The molecule has 0 N–H and O–H groups in total. The molecule has 0 aliphatic rings. The first-order valence-electron chi connectivity index (χ1n) is 25.9. The average Bonchev–Trinajstić information content (AvgIpc) is 1.68. The van der Waals surface area contributed by atoms with Crippen LogP contribution < -0.4 is 27.6 Å². The van der Waals surface area contributed by atoms with E-state index in [-0.39, 0.29) is 56.8 Å². The van der Waals surface area contributed by atoms with E-state index in [4.69, 9.17) is 27.6 Å². The highest BCUT2D eigenvalue weighted by atomic mass is 31.2. The second-order valence-corrected chi connectivity index (χ2v) is 24.3. The Bertz CT molecular complexity index is 3920. The number of benzene rings is 2. The highest BCUT2D eigenvalue weighted by molar-refractivity contribution is 7.50. The van der Waals surface area contributed by atoms with Crippen molar-refractivity contribution < 1.29 is 37.2 Å². The van der Waals surface area contributed by atoms with Gasteiger partial charge < -0.3 is 27.6 Å². The number of hydrogen-bond donors (Lipinski definition) is 0. The van der Waals surface area contributed by atoms with Crippen molar-refractivity contribution in [2.45, 2.75) is 0 Å². The third-order valence-electron chi connectivity index (χ3n) is 12.6. The number of carbonyl (C=O) groups excluding carboxylic acids is 2. The van der Waals surface area contributed by atoms with Crippen LogP contribution in [0.25, 0.3) is 59.7 Å². The number of methoxy groups -OCH3 is 2. The van der Waals surface area contributed by atoms with E-state index < -0.39 is 45.4 Å². The van der Waals surface area contributed by atoms with Crippen molar-refractivity contribution in [2.75, 3.05) is 14.2 Å². The molecule has 8 aromatic heterocycles. The van der Waals surface area contributed by atoms with Gasteiger partial charge in [-0.05, 0) is 72.9 Å². The summed E-state index contributed by atoms with van der Waals surface area (Å²) in [5, 5.41) is 0. The predicted molar refractivity (Wildman–Crippen MR) is 346 cm³/mol. The van der Waals surface area contributed by atoms with Crippen molar-refractivity contribution >= 4 is 94.0 Å². The lowest BCUT2D eigenvalue weighted by molar-refractivity contribution is 0.103. The molecule has 24 nitrogen and oxygen atoms in total. The molecule has 0 fully saturated rings. The van der Waals surface area contributed by atoms with Gasteiger partial charge in [0.25, 0.3) is 0 Å². The van der Waals surface area contributed by atoms with E-state index in [9.17, 15) is 9.59 Å². The number of hydrogen-bond acceptors (Lipinski definition) is 16. The van der Waals surface area contributed by atoms with Crippen LogP contribution in [0, 0.1) is 0 Å². The smallest absolute Gasteiger partial charge is 0.320 e. The third kappa shape index (κ3) is 12.1. The Hall–Kier alpha value is -10.6. The van der Waals surface area contributed by atoms with Gasteiger partial charge in [0.2, 0.25) is 0 Å². The van der Waals surface area contributed by atoms with Gasteiger partial charge in [0.1, 0.15) is 62.1 Å². The molecular formula is C60H54N16O8P4. The van der Waals surface area contributed by atoms with E-state index in [1.165, 1.54) is 26.4 Å². The lowest BCUT2D eigenvalue weighted by atomic mass is 9.94. The van der Waals surface area contributed by atoms with Crippen LogP contribution in [0.3, 0.4) is 0 Å². The van der Waals surface area contributed by atoms with Crippen LogP contribution in [-0.4, -0.2) is 100 Å². The highest BCUT2D eigenvalue weighted by Gasteiger charge is 2.39. The van der Waals surface area contributed by atoms with Gasteiger partial charge in [0.05, 0.1) is 82.0 Å². The van der Waals surface area contributed by atoms with Crippen molar-refractivity contribution in [2.24, 2.45) is 0 Å². The fourth-order valence-corrected chi connectivity index (χ4v) is 14.3. The molecule has 0 unspecified atom stereocenters. The minimum Gasteiger partial charge on any atom is -0.492 e. The summed E-state index contributed by atoms with van der Waals surface area (Å²) in [7, 11) is -6.23. The monoisotopic (exact) mass is 1250 g/mol. The summed E-state index contributed by atoms with van der Waals surface area (Å²) in [5.41, 5.74) is 3.83. The van der Waals surface area contributed by atoms with E-state index in [2.05, 4.69) is 106 Å². The zero-order valence-corrected chi connectivity index (χ0v) is 51.0. The summed E-state index contributed by atoms with van der Waals surface area (Å²) in [4.78, 5) is 66.4. The van der Waals surface area contributed by atoms with Gasteiger partial charge in [-0.2, -0.15) is 0 Å². The minimum atomic E-state index is -2.27. The Kier molecular flexibility index (Phi) is 18.4. The molecule has 0 spiro atoms. The van der Waals surface area contributed by atoms with Crippen molar-refractivity contribution in [3.05, 3.63) is 247 Å². The number of ether oxygens (including phenoxy) is 2. The summed E-state index contributed by atoms with van der Waals surface area (Å²) in [6.07, 6.45) is 41.2. The van der Waals surface area contributed by atoms with E-state index in [0.717, 1.165) is 12.2 Å². The van der Waals surface area contributed by atoms with Gasteiger partial charge in [-0.3, -0.25) is 44.3 Å². The number of nitrogens with zero attached hydrogens (tertiary/aromatic N) is 16. The summed E-state index contributed by atoms with van der Waals surface area (Å²) >= 11 is 0. The lowest BCUT2D eigenvalue weighted by Gasteiger charge is -2.30. The Balaban J connectivity index is 1.42. The van der Waals surface area contributed by atoms with E-state index in [1.807, 2.05) is 0 Å². The maximum Gasteiger partial charge on any atom is 0.320 e. The van der Waals surface area contributed by atoms with Crippen LogP contribution in [0.2, 0.25) is 0 Å². The number of ketones is 2. The van der Waals surface area contributed by atoms with E-state index >= 15 is 0 Å². The van der Waals surface area contributed by atoms with Crippen molar-refractivity contribution in [1.29, 1.82) is 0 Å². The number of carbonyl (C=O) groups is 2. The van der Waals surface area contributed by atoms with Gasteiger partial charge in [0.15, 0.2) is 34.6 Å². The van der Waals surface area contributed by atoms with Gasteiger partial charge in [-0.1, -0.05) is 65.8 Å². The Morgan fingerprint density at radius 2 is 0.545 bits per heavy atom. The number of allylic oxidation sites excluding steroid dienone is 2. The third-order valence-corrected chi connectivity index (χ3v) is 19.0. The molecule has 0 amide bonds. The summed E-state index contributed by atoms with van der Waals surface area (Å²) in [6.45, 7) is 39.5. The minimum absolute atomic E-state index is 0.00542. The molecule has 2 aromatic carbocycles. The van der Waals surface area contributed by atoms with Crippen LogP contribution in [0.15, 0.2) is 190 Å². The first-order chi connectivity index (χ1) is 42.8. The molecule has 8 heterocycles. The van der Waals surface area contributed by atoms with Crippen LogP contribution in [0.1, 0.15) is 66.3 Å². The second-order valence-electron chi connectivity index (χ2n) is 17.9. The molecule has 10 rings (SSSR count). The first-order valence-corrected chi connectivity index (χ1v) is 30.6. The molecule has 442 valence electrons. The standard InChI is InChI=1S/C60H54N16O8P4/c1-13-41-25-69(33-61-41)85(70-26-42(14-2)62-34-70)81-53-23-49(51(77)21-9)57(79-11)59(83-87(73-29-45(17-5)65-37-73)74-30-46(18-6)66-38-74)55(53)56-54(82-86(71-27-43(15-3)63-35-71)72-28-44(16-4)64-36-72)24-50(52(78)22-10)58(80-12)60(56)84-88(75-31-47(19-7)67-39-75)76-32-48(20-8)68-40-76/h13-40H,1-10H2,11-12H3. The second kappa shape index (κ2) is 26.7. The molecule has 0 aliphatic heterocycles. The fraction of sp³-hybridized carbons (Fsp3) is 0.0333. The van der Waals surface area contributed by atoms with Crippen molar-refractivity contribution in [3.8, 4) is 45.6 Å². The Morgan fingerprint density at radius 1 is 0.341 bits per heavy atom. The van der Waals surface area contributed by atoms with Gasteiger partial charge in [-0.15, -0.1) is 0 Å². The molecular weight excluding hydrogens is 1200 g/mol. The van der Waals surface area contributed by atoms with Crippen LogP contribution in [0.5, 0.6) is 34.5 Å². The number of imidazole rings is 8. The maximum atomic E-state index is 14.8. The molecule has 0 atom stereocenters. The van der Waals surface area contributed by atoms with Gasteiger partial charge >= 0.3 is 33.8 Å². The Morgan fingerprint density at radius 3 is 0.716 bits per heavy atom. The van der Waals surface area contributed by atoms with Crippen molar-refractivity contribution in [1.82, 2.24) is 74.6 Å². The molecule has 0 aliphatic carbocycles. The zero-order valence-electron chi connectivity index (χ0n) is 47.4. The highest BCUT2D eigenvalue weighted by Crippen LogP contribution is 2.63. The normalized spacial score (nSPS) is 11.1. The SMILES string of the molecule is C=CC(=O)c1cc(OP(n2cnc(C=C)c2)n2cnc(C=C)c2)c(-c2c(OP(n3cnc(C=C)c3)n3cnc(C=C)c3)cc(C(=O)C=C)c(OC)c2OP(n2cnc(C=C)c2)n2cnc(C=C)c2)c(OP(n2cnc(C=C)c2)n2cnc(C=C)c2)c1OC. The predicted octanol–water partition coefficient (Wildman–Crippen LogP) is 13.6. The summed E-state index contributed by atoms with van der Waals surface area (Å²) in [6, 6.07) is 2.98. The molecule has 0 saturated carbocycles. The van der Waals surface area contributed by atoms with Crippen molar-refractivity contribution in [3.63, 3.8) is 0 Å². The van der Waals surface area contributed by atoms with E-state index in [0.29, 0.717) is 45.6 Å². The molecule has 0 saturated heterocycles. The van der Waals surface area contributed by atoms with Crippen LogP contribution in [-0.2, 0) is 0 Å². The average molecular weight is 1250 g/mol. The summed E-state index contributed by atoms with van der Waals surface area (Å²) in [5.74, 6) is -1.92. The largest absolute Gasteiger partial charge is 0.492 e. The van der Waals surface area contributed by atoms with Gasteiger partial charge in [0, 0.05) is 49.6 Å². The Labute approximate surface area is 510 Å². The molecule has 0 radical (unpaired) electrons. The first kappa shape index (κ1) is 60.5. The topological polar surface area (TPSA) is 232 Å². The van der Waals surface area contributed by atoms with E-state index in [1.54, 1.807) is 184 Å². The molecule has 0 bridgehead atoms.